The Morgan fingerprint density at radius 2 is 1.66 bits per heavy atom. The number of likely N-dealkylation sites (tertiary alicyclic amines) is 1. The molecule has 0 radical (unpaired) electrons. The SMILES string of the molecule is CCc1cccc(CC)c1NC(=O)CSc1nc2ccccc2n1CC(=O)N1C(C)CCCC1C. The van der Waals surface area contributed by atoms with E-state index in [1.807, 2.05) is 39.8 Å². The van der Waals surface area contributed by atoms with Crippen LogP contribution >= 0.6 is 11.8 Å². The van der Waals surface area contributed by atoms with E-state index in [9.17, 15) is 9.59 Å². The molecule has 35 heavy (non-hydrogen) atoms. The summed E-state index contributed by atoms with van der Waals surface area (Å²) in [7, 11) is 0. The molecule has 0 spiro atoms. The molecule has 2 atom stereocenters. The number of aromatic nitrogens is 2. The maximum absolute atomic E-state index is 13.4. The van der Waals surface area contributed by atoms with Gasteiger partial charge in [-0.3, -0.25) is 9.59 Å². The van der Waals surface area contributed by atoms with Gasteiger partial charge in [-0.1, -0.05) is 55.9 Å². The van der Waals surface area contributed by atoms with Crippen molar-refractivity contribution in [1.82, 2.24) is 14.5 Å². The van der Waals surface area contributed by atoms with Crippen LogP contribution in [-0.4, -0.2) is 44.1 Å². The quantitative estimate of drug-likeness (QED) is 0.411. The van der Waals surface area contributed by atoms with Gasteiger partial charge in [0, 0.05) is 17.8 Å². The van der Waals surface area contributed by atoms with Gasteiger partial charge < -0.3 is 14.8 Å². The molecule has 4 rings (SSSR count). The zero-order chi connectivity index (χ0) is 24.9. The summed E-state index contributed by atoms with van der Waals surface area (Å²) in [5.74, 6) is 0.285. The predicted molar refractivity (Wildman–Crippen MR) is 144 cm³/mol. The highest BCUT2D eigenvalue weighted by molar-refractivity contribution is 7.99. The van der Waals surface area contributed by atoms with Crippen LogP contribution in [0.5, 0.6) is 0 Å². The number of fused-ring (bicyclic) bond motifs is 1. The van der Waals surface area contributed by atoms with Crippen LogP contribution in [0, 0.1) is 0 Å². The number of rotatable bonds is 8. The van der Waals surface area contributed by atoms with Gasteiger partial charge in [0.25, 0.3) is 0 Å². The maximum Gasteiger partial charge on any atom is 0.243 e. The summed E-state index contributed by atoms with van der Waals surface area (Å²) in [6.45, 7) is 8.71. The molecule has 0 saturated carbocycles. The van der Waals surface area contributed by atoms with Crippen LogP contribution in [0.1, 0.15) is 58.1 Å². The molecule has 1 saturated heterocycles. The smallest absolute Gasteiger partial charge is 0.243 e. The number of hydrogen-bond acceptors (Lipinski definition) is 4. The van der Waals surface area contributed by atoms with Gasteiger partial charge in [-0.15, -0.1) is 0 Å². The number of para-hydroxylation sites is 3. The van der Waals surface area contributed by atoms with E-state index in [4.69, 9.17) is 4.98 Å². The van der Waals surface area contributed by atoms with Crippen LogP contribution in [0.4, 0.5) is 5.69 Å². The summed E-state index contributed by atoms with van der Waals surface area (Å²) in [6.07, 6.45) is 4.98. The topological polar surface area (TPSA) is 67.2 Å². The molecule has 1 fully saturated rings. The summed E-state index contributed by atoms with van der Waals surface area (Å²) in [5, 5.41) is 3.84. The fourth-order valence-electron chi connectivity index (χ4n) is 5.15. The van der Waals surface area contributed by atoms with Crippen molar-refractivity contribution in [3.63, 3.8) is 0 Å². The van der Waals surface area contributed by atoms with Crippen molar-refractivity contribution in [3.05, 3.63) is 53.6 Å². The minimum atomic E-state index is -0.0613. The zero-order valence-electron chi connectivity index (χ0n) is 21.2. The Kier molecular flexibility index (Phi) is 8.16. The van der Waals surface area contributed by atoms with Crippen molar-refractivity contribution >= 4 is 40.3 Å². The van der Waals surface area contributed by atoms with Crippen molar-refractivity contribution in [2.75, 3.05) is 11.1 Å². The summed E-state index contributed by atoms with van der Waals surface area (Å²) in [6, 6.07) is 14.5. The average Bonchev–Trinajstić information content (AvgIpc) is 3.20. The van der Waals surface area contributed by atoms with Crippen LogP contribution in [0.2, 0.25) is 0 Å². The van der Waals surface area contributed by atoms with E-state index in [0.717, 1.165) is 60.0 Å². The third kappa shape index (κ3) is 5.56. The van der Waals surface area contributed by atoms with Gasteiger partial charge in [0.1, 0.15) is 6.54 Å². The molecule has 1 N–H and O–H groups in total. The van der Waals surface area contributed by atoms with Crippen LogP contribution in [0.3, 0.4) is 0 Å². The second kappa shape index (κ2) is 11.3. The Hall–Kier alpha value is -2.80. The van der Waals surface area contributed by atoms with Crippen LogP contribution in [0.25, 0.3) is 11.0 Å². The summed E-state index contributed by atoms with van der Waals surface area (Å²) in [4.78, 5) is 33.2. The van der Waals surface area contributed by atoms with E-state index < -0.39 is 0 Å². The molecule has 2 amide bonds. The number of thioether (sulfide) groups is 1. The number of nitrogens with zero attached hydrogens (tertiary/aromatic N) is 3. The van der Waals surface area contributed by atoms with Gasteiger partial charge in [-0.25, -0.2) is 4.98 Å². The lowest BCUT2D eigenvalue weighted by Gasteiger charge is -2.39. The molecule has 7 heteroatoms. The Labute approximate surface area is 212 Å². The average molecular weight is 493 g/mol. The molecule has 1 aliphatic rings. The molecule has 186 valence electrons. The van der Waals surface area contributed by atoms with Crippen molar-refractivity contribution in [2.45, 2.75) is 83.6 Å². The molecule has 6 nitrogen and oxygen atoms in total. The number of carbonyl (C=O) groups excluding carboxylic acids is 2. The molecular weight excluding hydrogens is 456 g/mol. The number of anilines is 1. The lowest BCUT2D eigenvalue weighted by Crippen LogP contribution is -2.48. The normalized spacial score (nSPS) is 18.1. The number of benzene rings is 2. The second-order valence-electron chi connectivity index (χ2n) is 9.39. The minimum Gasteiger partial charge on any atom is -0.336 e. The number of hydrogen-bond donors (Lipinski definition) is 1. The maximum atomic E-state index is 13.4. The van der Waals surface area contributed by atoms with Gasteiger partial charge in [-0.2, -0.15) is 0 Å². The van der Waals surface area contributed by atoms with E-state index in [0.29, 0.717) is 5.16 Å². The number of piperidine rings is 1. The number of nitrogens with one attached hydrogen (secondary N) is 1. The third-order valence-corrected chi connectivity index (χ3v) is 7.97. The van der Waals surface area contributed by atoms with Crippen LogP contribution < -0.4 is 5.32 Å². The van der Waals surface area contributed by atoms with Gasteiger partial charge in [-0.05, 0) is 69.2 Å². The molecule has 2 heterocycles. The first kappa shape index (κ1) is 25.3. The molecule has 0 aliphatic carbocycles. The largest absolute Gasteiger partial charge is 0.336 e. The predicted octanol–water partition coefficient (Wildman–Crippen LogP) is 5.68. The van der Waals surface area contributed by atoms with Crippen molar-refractivity contribution in [2.24, 2.45) is 0 Å². The zero-order valence-corrected chi connectivity index (χ0v) is 22.0. The Morgan fingerprint density at radius 1 is 1.00 bits per heavy atom. The third-order valence-electron chi connectivity index (χ3n) is 6.99. The molecule has 2 unspecified atom stereocenters. The first-order valence-corrected chi connectivity index (χ1v) is 13.7. The fourth-order valence-corrected chi connectivity index (χ4v) is 5.97. The van der Waals surface area contributed by atoms with Gasteiger partial charge >= 0.3 is 0 Å². The Balaban J connectivity index is 1.53. The highest BCUT2D eigenvalue weighted by Crippen LogP contribution is 2.28. The van der Waals surface area contributed by atoms with Gasteiger partial charge in [0.05, 0.1) is 16.8 Å². The monoisotopic (exact) mass is 492 g/mol. The highest BCUT2D eigenvalue weighted by Gasteiger charge is 2.29. The van der Waals surface area contributed by atoms with E-state index in [-0.39, 0.29) is 36.2 Å². The lowest BCUT2D eigenvalue weighted by molar-refractivity contribution is -0.138. The highest BCUT2D eigenvalue weighted by atomic mass is 32.2. The summed E-state index contributed by atoms with van der Waals surface area (Å²) in [5.41, 5.74) is 4.98. The minimum absolute atomic E-state index is 0.0613. The van der Waals surface area contributed by atoms with Crippen molar-refractivity contribution in [3.8, 4) is 0 Å². The lowest BCUT2D eigenvalue weighted by atomic mass is 9.97. The molecule has 2 aromatic carbocycles. The first-order valence-electron chi connectivity index (χ1n) is 12.7. The van der Waals surface area contributed by atoms with E-state index in [1.165, 1.54) is 11.8 Å². The number of carbonyl (C=O) groups is 2. The van der Waals surface area contributed by atoms with E-state index in [1.54, 1.807) is 0 Å². The van der Waals surface area contributed by atoms with Crippen molar-refractivity contribution in [1.29, 1.82) is 0 Å². The van der Waals surface area contributed by atoms with Gasteiger partial charge in [0.15, 0.2) is 5.16 Å². The first-order chi connectivity index (χ1) is 16.9. The fraction of sp³-hybridized carbons (Fsp3) is 0.464. The van der Waals surface area contributed by atoms with Crippen LogP contribution in [0.15, 0.2) is 47.6 Å². The molecule has 1 aliphatic heterocycles. The van der Waals surface area contributed by atoms with Crippen molar-refractivity contribution < 1.29 is 9.59 Å². The van der Waals surface area contributed by atoms with E-state index >= 15 is 0 Å². The van der Waals surface area contributed by atoms with Gasteiger partial charge in [0.2, 0.25) is 11.8 Å². The summed E-state index contributed by atoms with van der Waals surface area (Å²) < 4.78 is 1.97. The number of amides is 2. The number of imidazole rings is 1. The molecule has 0 bridgehead atoms. The van der Waals surface area contributed by atoms with Crippen LogP contribution in [-0.2, 0) is 29.0 Å². The summed E-state index contributed by atoms with van der Waals surface area (Å²) >= 11 is 1.39. The Morgan fingerprint density at radius 3 is 2.31 bits per heavy atom. The molecular formula is C28H36N4O2S. The molecule has 1 aromatic heterocycles. The number of aryl methyl sites for hydroxylation is 2. The molecule has 3 aromatic rings. The second-order valence-corrected chi connectivity index (χ2v) is 10.3. The Bertz CT molecular complexity index is 1170. The standard InChI is InChI=1S/C28H36N4O2S/c1-5-21-13-10-14-22(6-2)27(21)30-25(33)18-35-28-29-23-15-7-8-16-24(23)31(28)17-26(34)32-19(3)11-9-12-20(32)4/h7-8,10,13-16,19-20H,5-6,9,11-12,17-18H2,1-4H3,(H,30,33). The van der Waals surface area contributed by atoms with E-state index in [2.05, 4.69) is 45.1 Å².